The largest absolute Gasteiger partial charge is 0.347 e. The molecule has 0 bridgehead atoms. The van der Waals surface area contributed by atoms with Crippen molar-refractivity contribution in [2.45, 2.75) is 25.9 Å². The van der Waals surface area contributed by atoms with Gasteiger partial charge in [-0.1, -0.05) is 60.2 Å². The highest BCUT2D eigenvalue weighted by Gasteiger charge is 2.15. The lowest BCUT2D eigenvalue weighted by Crippen LogP contribution is -2.23. The van der Waals surface area contributed by atoms with Crippen LogP contribution in [0.2, 0.25) is 0 Å². The molecule has 0 radical (unpaired) electrons. The quantitative estimate of drug-likeness (QED) is 0.713. The molecule has 128 valence electrons. The van der Waals surface area contributed by atoms with Gasteiger partial charge in [0.15, 0.2) is 0 Å². The monoisotopic (exact) mass is 351 g/mol. The molecule has 1 unspecified atom stereocenters. The maximum atomic E-state index is 12.3. The van der Waals surface area contributed by atoms with E-state index in [2.05, 4.69) is 16.4 Å². The average Bonchev–Trinajstić information content (AvgIpc) is 3.11. The highest BCUT2D eigenvalue weighted by atomic mass is 32.1. The van der Waals surface area contributed by atoms with Crippen LogP contribution in [0.15, 0.2) is 60.0 Å². The van der Waals surface area contributed by atoms with Gasteiger partial charge >= 0.3 is 0 Å². The highest BCUT2D eigenvalue weighted by Crippen LogP contribution is 2.20. The Kier molecular flexibility index (Phi) is 5.58. The van der Waals surface area contributed by atoms with Crippen molar-refractivity contribution in [2.75, 3.05) is 0 Å². The van der Waals surface area contributed by atoms with E-state index in [1.807, 2.05) is 55.5 Å². The van der Waals surface area contributed by atoms with E-state index in [0.29, 0.717) is 18.7 Å². The number of nitrogens with one attached hydrogen (secondary N) is 1. The summed E-state index contributed by atoms with van der Waals surface area (Å²) in [5.41, 5.74) is 10.1. The predicted octanol–water partition coefficient (Wildman–Crippen LogP) is 3.62. The second-order valence-electron chi connectivity index (χ2n) is 6.04. The van der Waals surface area contributed by atoms with Gasteiger partial charge in [0.25, 0.3) is 5.91 Å². The number of aryl methyl sites for hydroxylation is 1. The minimum Gasteiger partial charge on any atom is -0.347 e. The number of aromatic nitrogens is 1. The fraction of sp³-hybridized carbons (Fsp3) is 0.200. The van der Waals surface area contributed by atoms with Gasteiger partial charge in [0.05, 0.1) is 6.04 Å². The summed E-state index contributed by atoms with van der Waals surface area (Å²) in [5.74, 6) is -0.170. The minimum atomic E-state index is -0.203. The lowest BCUT2D eigenvalue weighted by atomic mass is 10.1. The zero-order valence-electron chi connectivity index (χ0n) is 14.1. The van der Waals surface area contributed by atoms with E-state index in [-0.39, 0.29) is 11.9 Å². The van der Waals surface area contributed by atoms with Crippen LogP contribution in [0.4, 0.5) is 0 Å². The van der Waals surface area contributed by atoms with E-state index in [9.17, 15) is 4.79 Å². The van der Waals surface area contributed by atoms with Gasteiger partial charge in [0.2, 0.25) is 0 Å². The van der Waals surface area contributed by atoms with Gasteiger partial charge in [-0.25, -0.2) is 4.98 Å². The molecular formula is C20H21N3OS. The molecule has 3 aromatic rings. The molecule has 1 amide bonds. The van der Waals surface area contributed by atoms with Crippen molar-refractivity contribution < 1.29 is 4.79 Å². The molecule has 1 atom stereocenters. The van der Waals surface area contributed by atoms with Crippen molar-refractivity contribution in [1.82, 2.24) is 10.3 Å². The molecule has 0 spiro atoms. The van der Waals surface area contributed by atoms with Gasteiger partial charge in [0, 0.05) is 11.9 Å². The zero-order valence-corrected chi connectivity index (χ0v) is 14.9. The summed E-state index contributed by atoms with van der Waals surface area (Å²) >= 11 is 1.43. The molecule has 0 aliphatic carbocycles. The summed E-state index contributed by atoms with van der Waals surface area (Å²) in [5, 5.41) is 5.46. The number of rotatable bonds is 6. The summed E-state index contributed by atoms with van der Waals surface area (Å²) in [6.07, 6.45) is 0.707. The van der Waals surface area contributed by atoms with Gasteiger partial charge in [-0.15, -0.1) is 11.3 Å². The van der Waals surface area contributed by atoms with E-state index in [1.54, 1.807) is 5.38 Å². The number of carbonyl (C=O) groups excluding carboxylic acids is 1. The molecule has 0 saturated carbocycles. The van der Waals surface area contributed by atoms with Crippen LogP contribution in [0.5, 0.6) is 0 Å². The number of hydrogen-bond acceptors (Lipinski definition) is 4. The Labute approximate surface area is 151 Å². The normalized spacial score (nSPS) is 11.9. The molecule has 0 fully saturated rings. The molecule has 5 heteroatoms. The predicted molar refractivity (Wildman–Crippen MR) is 102 cm³/mol. The molecule has 0 saturated heterocycles. The standard InChI is InChI=1S/C20H21N3OS/c1-14-6-5-9-16(10-14)12-22-19(24)18-13-25-20(23-18)17(21)11-15-7-3-2-4-8-15/h2-10,13,17H,11-12,21H2,1H3,(H,22,24). The van der Waals surface area contributed by atoms with E-state index in [1.165, 1.54) is 16.9 Å². The second kappa shape index (κ2) is 8.05. The van der Waals surface area contributed by atoms with Gasteiger partial charge in [-0.3, -0.25) is 4.79 Å². The molecule has 1 aromatic heterocycles. The number of nitrogens with zero attached hydrogens (tertiary/aromatic N) is 1. The van der Waals surface area contributed by atoms with Crippen LogP contribution >= 0.6 is 11.3 Å². The van der Waals surface area contributed by atoms with Gasteiger partial charge in [0.1, 0.15) is 10.7 Å². The van der Waals surface area contributed by atoms with Crippen LogP contribution in [0.25, 0.3) is 0 Å². The van der Waals surface area contributed by atoms with Crippen LogP contribution in [-0.2, 0) is 13.0 Å². The van der Waals surface area contributed by atoms with Gasteiger partial charge < -0.3 is 11.1 Å². The lowest BCUT2D eigenvalue weighted by Gasteiger charge is -2.08. The molecule has 3 N–H and O–H groups in total. The first kappa shape index (κ1) is 17.3. The SMILES string of the molecule is Cc1cccc(CNC(=O)c2csc(C(N)Cc3ccccc3)n2)c1. The number of nitrogens with two attached hydrogens (primary N) is 1. The maximum Gasteiger partial charge on any atom is 0.271 e. The average molecular weight is 351 g/mol. The Morgan fingerprint density at radius 3 is 2.68 bits per heavy atom. The second-order valence-corrected chi connectivity index (χ2v) is 6.93. The van der Waals surface area contributed by atoms with E-state index >= 15 is 0 Å². The number of thiazole rings is 1. The Bertz CT molecular complexity index is 845. The van der Waals surface area contributed by atoms with Crippen LogP contribution in [0.1, 0.15) is 38.2 Å². The molecule has 0 aliphatic rings. The highest BCUT2D eigenvalue weighted by molar-refractivity contribution is 7.09. The molecule has 0 aliphatic heterocycles. The topological polar surface area (TPSA) is 68.0 Å². The number of hydrogen-bond donors (Lipinski definition) is 2. The fourth-order valence-corrected chi connectivity index (χ4v) is 3.41. The lowest BCUT2D eigenvalue weighted by molar-refractivity contribution is 0.0946. The third-order valence-electron chi connectivity index (χ3n) is 3.91. The molecule has 4 nitrogen and oxygen atoms in total. The molecule has 25 heavy (non-hydrogen) atoms. The molecule has 1 heterocycles. The first-order valence-electron chi connectivity index (χ1n) is 8.20. The Hall–Kier alpha value is -2.50. The van der Waals surface area contributed by atoms with Crippen molar-refractivity contribution in [2.24, 2.45) is 5.73 Å². The molecular weight excluding hydrogens is 330 g/mol. The minimum absolute atomic E-state index is 0.170. The third kappa shape index (κ3) is 4.75. The van der Waals surface area contributed by atoms with Crippen molar-refractivity contribution in [3.05, 3.63) is 87.4 Å². The number of carbonyl (C=O) groups is 1. The number of amides is 1. The van der Waals surface area contributed by atoms with Crippen LogP contribution in [0.3, 0.4) is 0 Å². The summed E-state index contributed by atoms with van der Waals surface area (Å²) in [4.78, 5) is 16.7. The Balaban J connectivity index is 1.59. The van der Waals surface area contributed by atoms with Crippen molar-refractivity contribution in [3.8, 4) is 0 Å². The van der Waals surface area contributed by atoms with E-state index in [4.69, 9.17) is 5.73 Å². The summed E-state index contributed by atoms with van der Waals surface area (Å²) in [6, 6.07) is 17.9. The Morgan fingerprint density at radius 2 is 1.92 bits per heavy atom. The first-order chi connectivity index (χ1) is 12.1. The van der Waals surface area contributed by atoms with Gasteiger partial charge in [-0.2, -0.15) is 0 Å². The summed E-state index contributed by atoms with van der Waals surface area (Å²) in [7, 11) is 0. The fourth-order valence-electron chi connectivity index (χ4n) is 2.61. The Morgan fingerprint density at radius 1 is 1.16 bits per heavy atom. The summed E-state index contributed by atoms with van der Waals surface area (Å²) in [6.45, 7) is 2.52. The van der Waals surface area contributed by atoms with Gasteiger partial charge in [-0.05, 0) is 24.5 Å². The van der Waals surface area contributed by atoms with Crippen LogP contribution in [0, 0.1) is 6.92 Å². The van der Waals surface area contributed by atoms with Crippen LogP contribution in [-0.4, -0.2) is 10.9 Å². The van der Waals surface area contributed by atoms with Crippen molar-refractivity contribution in [1.29, 1.82) is 0 Å². The molecule has 3 rings (SSSR count). The van der Waals surface area contributed by atoms with Crippen LogP contribution < -0.4 is 11.1 Å². The van der Waals surface area contributed by atoms with Crippen molar-refractivity contribution >= 4 is 17.2 Å². The van der Waals surface area contributed by atoms with Crippen molar-refractivity contribution in [3.63, 3.8) is 0 Å². The summed E-state index contributed by atoms with van der Waals surface area (Å²) < 4.78 is 0. The zero-order chi connectivity index (χ0) is 17.6. The third-order valence-corrected chi connectivity index (χ3v) is 4.88. The molecule has 2 aromatic carbocycles. The van der Waals surface area contributed by atoms with E-state index < -0.39 is 0 Å². The maximum absolute atomic E-state index is 12.3. The van der Waals surface area contributed by atoms with E-state index in [0.717, 1.165) is 16.1 Å². The first-order valence-corrected chi connectivity index (χ1v) is 9.08. The number of benzene rings is 2. The smallest absolute Gasteiger partial charge is 0.271 e.